The molecule has 1 N–H and O–H groups in total. The summed E-state index contributed by atoms with van der Waals surface area (Å²) in [5, 5.41) is 7.82. The smallest absolute Gasteiger partial charge is 0.354 e. The van der Waals surface area contributed by atoms with E-state index in [1.807, 2.05) is 11.8 Å². The van der Waals surface area contributed by atoms with Gasteiger partial charge in [-0.1, -0.05) is 43.5 Å². The van der Waals surface area contributed by atoms with E-state index in [1.54, 1.807) is 6.07 Å². The molecule has 0 spiro atoms. The van der Waals surface area contributed by atoms with Crippen LogP contribution in [-0.4, -0.2) is 58.3 Å². The highest BCUT2D eigenvalue weighted by molar-refractivity contribution is 5.98. The molecular weight excluding hydrogens is 497 g/mol. The van der Waals surface area contributed by atoms with Gasteiger partial charge in [-0.25, -0.2) is 9.78 Å². The Bertz CT molecular complexity index is 1270. The highest BCUT2D eigenvalue weighted by Gasteiger charge is 2.32. The first kappa shape index (κ1) is 26.2. The van der Waals surface area contributed by atoms with Crippen LogP contribution < -0.4 is 10.2 Å². The Morgan fingerprint density at radius 2 is 1.89 bits per heavy atom. The van der Waals surface area contributed by atoms with Crippen molar-refractivity contribution in [2.45, 2.75) is 70.5 Å². The van der Waals surface area contributed by atoms with Crippen LogP contribution >= 0.6 is 0 Å². The number of benzene rings is 1. The Kier molecular flexibility index (Phi) is 7.71. The second-order valence-electron chi connectivity index (χ2n) is 10.1. The highest BCUT2D eigenvalue weighted by Crippen LogP contribution is 2.37. The number of carbonyl (C=O) groups excluding carboxylic acids is 1. The van der Waals surface area contributed by atoms with E-state index in [-0.39, 0.29) is 29.0 Å². The number of amides is 2. The van der Waals surface area contributed by atoms with E-state index < -0.39 is 11.7 Å². The van der Waals surface area contributed by atoms with E-state index in [0.29, 0.717) is 49.6 Å². The van der Waals surface area contributed by atoms with Crippen molar-refractivity contribution in [2.24, 2.45) is 0 Å². The number of nitrogens with one attached hydrogen (secondary N) is 1. The topological polar surface area (TPSA) is 87.4 Å². The largest absolute Gasteiger partial charge is 0.416 e. The summed E-state index contributed by atoms with van der Waals surface area (Å²) in [6, 6.07) is 5.24. The summed E-state index contributed by atoms with van der Waals surface area (Å²) in [6.07, 6.45) is 3.29. The van der Waals surface area contributed by atoms with Gasteiger partial charge < -0.3 is 19.6 Å². The van der Waals surface area contributed by atoms with Gasteiger partial charge in [0.15, 0.2) is 0 Å². The Labute approximate surface area is 219 Å². The number of alkyl halides is 3. The summed E-state index contributed by atoms with van der Waals surface area (Å²) in [4.78, 5) is 26.2. The van der Waals surface area contributed by atoms with Crippen LogP contribution in [0.5, 0.6) is 0 Å². The molecule has 1 saturated carbocycles. The lowest BCUT2D eigenvalue weighted by Gasteiger charge is -2.28. The third-order valence-corrected chi connectivity index (χ3v) is 7.32. The second kappa shape index (κ2) is 11.2. The molecule has 1 aliphatic carbocycles. The first-order chi connectivity index (χ1) is 18.3. The van der Waals surface area contributed by atoms with Crippen LogP contribution in [0.2, 0.25) is 0 Å². The first-order valence-corrected chi connectivity index (χ1v) is 13.5. The molecule has 204 valence electrons. The molecule has 11 heteroatoms. The zero-order valence-corrected chi connectivity index (χ0v) is 21.6. The van der Waals surface area contributed by atoms with Crippen molar-refractivity contribution in [3.8, 4) is 11.3 Å². The molecule has 2 aromatic heterocycles. The molecule has 8 nitrogen and oxygen atoms in total. The minimum absolute atomic E-state index is 0.0344. The predicted octanol–water partition coefficient (Wildman–Crippen LogP) is 5.81. The zero-order valence-electron chi connectivity index (χ0n) is 21.6. The van der Waals surface area contributed by atoms with Crippen LogP contribution in [0.4, 0.5) is 23.8 Å². The molecule has 0 atom stereocenters. The van der Waals surface area contributed by atoms with Crippen molar-refractivity contribution in [1.82, 2.24) is 25.3 Å². The normalized spacial score (nSPS) is 17.6. The van der Waals surface area contributed by atoms with Crippen molar-refractivity contribution >= 4 is 22.9 Å². The van der Waals surface area contributed by atoms with Gasteiger partial charge in [-0.2, -0.15) is 18.2 Å². The number of hydrogen-bond acceptors (Lipinski definition) is 6. The Morgan fingerprint density at radius 1 is 1.08 bits per heavy atom. The molecule has 0 bridgehead atoms. The summed E-state index contributed by atoms with van der Waals surface area (Å²) in [7, 11) is 0. The highest BCUT2D eigenvalue weighted by atomic mass is 19.4. The number of carbonyl (C=O) groups is 1. The fourth-order valence-corrected chi connectivity index (χ4v) is 5.33. The predicted molar refractivity (Wildman–Crippen MR) is 138 cm³/mol. The summed E-state index contributed by atoms with van der Waals surface area (Å²) in [5.41, 5.74) is 0.0582. The van der Waals surface area contributed by atoms with Crippen molar-refractivity contribution in [2.75, 3.05) is 31.1 Å². The third kappa shape index (κ3) is 5.71. The van der Waals surface area contributed by atoms with Crippen LogP contribution in [0.1, 0.15) is 63.3 Å². The number of aromatic nitrogens is 3. The zero-order chi connectivity index (χ0) is 26.7. The lowest BCUT2D eigenvalue weighted by atomic mass is 9.96. The number of aryl methyl sites for hydroxylation is 1. The van der Waals surface area contributed by atoms with Crippen LogP contribution in [0.25, 0.3) is 22.4 Å². The number of hydrogen-bond donors (Lipinski definition) is 1. The number of halogens is 3. The Balaban J connectivity index is 1.44. The lowest BCUT2D eigenvalue weighted by molar-refractivity contribution is -0.137. The van der Waals surface area contributed by atoms with Gasteiger partial charge in [0.1, 0.15) is 22.7 Å². The van der Waals surface area contributed by atoms with Gasteiger partial charge in [-0.3, -0.25) is 0 Å². The minimum Gasteiger partial charge on any atom is -0.354 e. The number of fused-ring (bicyclic) bond motifs is 1. The molecule has 5 rings (SSSR count). The SMILES string of the molecule is CCCc1nc(N2CCCN(C(=O)NC3CCCCC3)CC2)c2c(-c3cccc(C(F)(F)F)c3)noc2n1. The van der Waals surface area contributed by atoms with Gasteiger partial charge in [0.2, 0.25) is 0 Å². The number of anilines is 1. The van der Waals surface area contributed by atoms with Crippen molar-refractivity contribution in [3.05, 3.63) is 35.7 Å². The van der Waals surface area contributed by atoms with Crippen LogP contribution in [0.3, 0.4) is 0 Å². The van der Waals surface area contributed by atoms with Gasteiger partial charge in [-0.15, -0.1) is 0 Å². The van der Waals surface area contributed by atoms with E-state index >= 15 is 0 Å². The molecule has 3 aromatic rings. The van der Waals surface area contributed by atoms with Crippen molar-refractivity contribution < 1.29 is 22.5 Å². The maximum absolute atomic E-state index is 13.4. The quantitative estimate of drug-likeness (QED) is 0.448. The van der Waals surface area contributed by atoms with Gasteiger partial charge in [-0.05, 0) is 37.8 Å². The Hall–Kier alpha value is -3.37. The second-order valence-corrected chi connectivity index (χ2v) is 10.1. The molecule has 3 heterocycles. The van der Waals surface area contributed by atoms with Crippen molar-refractivity contribution in [3.63, 3.8) is 0 Å². The molecule has 1 saturated heterocycles. The van der Waals surface area contributed by atoms with Crippen LogP contribution in [-0.2, 0) is 12.6 Å². The standard InChI is InChI=1S/C27H33F3N6O2/c1-2-8-21-32-24(35-13-7-14-36(16-15-35)26(37)31-20-11-4-3-5-12-20)22-23(34-38-25(22)33-21)18-9-6-10-19(17-18)27(28,29)30/h6,9-10,17,20H,2-5,7-8,11-16H2,1H3,(H,31,37). The molecule has 1 aromatic carbocycles. The molecule has 0 radical (unpaired) electrons. The van der Waals surface area contributed by atoms with E-state index in [2.05, 4.69) is 20.4 Å². The number of urea groups is 1. The summed E-state index contributed by atoms with van der Waals surface area (Å²) < 4.78 is 45.8. The average molecular weight is 531 g/mol. The number of rotatable bonds is 5. The van der Waals surface area contributed by atoms with Gasteiger partial charge in [0.25, 0.3) is 5.71 Å². The maximum Gasteiger partial charge on any atom is 0.416 e. The first-order valence-electron chi connectivity index (χ1n) is 13.5. The number of nitrogens with zero attached hydrogens (tertiary/aromatic N) is 5. The Morgan fingerprint density at radius 3 is 2.66 bits per heavy atom. The summed E-state index contributed by atoms with van der Waals surface area (Å²) in [6.45, 7) is 4.32. The van der Waals surface area contributed by atoms with E-state index in [4.69, 9.17) is 9.51 Å². The molecule has 2 aliphatic rings. The van der Waals surface area contributed by atoms with Gasteiger partial charge in [0, 0.05) is 44.2 Å². The molecule has 2 amide bonds. The molecule has 0 unspecified atom stereocenters. The lowest BCUT2D eigenvalue weighted by Crippen LogP contribution is -2.46. The van der Waals surface area contributed by atoms with E-state index in [1.165, 1.54) is 12.5 Å². The van der Waals surface area contributed by atoms with Gasteiger partial charge in [0.05, 0.1) is 5.56 Å². The van der Waals surface area contributed by atoms with E-state index in [0.717, 1.165) is 50.7 Å². The summed E-state index contributed by atoms with van der Waals surface area (Å²) in [5.74, 6) is 1.18. The monoisotopic (exact) mass is 530 g/mol. The molecular formula is C27H33F3N6O2. The fraction of sp³-hybridized carbons (Fsp3) is 0.556. The summed E-state index contributed by atoms with van der Waals surface area (Å²) >= 11 is 0. The maximum atomic E-state index is 13.4. The molecule has 38 heavy (non-hydrogen) atoms. The van der Waals surface area contributed by atoms with Crippen LogP contribution in [0, 0.1) is 0 Å². The third-order valence-electron chi connectivity index (χ3n) is 7.32. The average Bonchev–Trinajstić information content (AvgIpc) is 3.17. The minimum atomic E-state index is -4.48. The van der Waals surface area contributed by atoms with E-state index in [9.17, 15) is 18.0 Å². The molecule has 1 aliphatic heterocycles. The molecule has 2 fully saturated rings. The fourth-order valence-electron chi connectivity index (χ4n) is 5.33. The van der Waals surface area contributed by atoms with Crippen LogP contribution in [0.15, 0.2) is 28.8 Å². The van der Waals surface area contributed by atoms with Gasteiger partial charge >= 0.3 is 12.2 Å². The van der Waals surface area contributed by atoms with Crippen molar-refractivity contribution in [1.29, 1.82) is 0 Å².